The minimum absolute atomic E-state index is 0.890. The fourth-order valence-corrected chi connectivity index (χ4v) is 3.64. The Balaban J connectivity index is 2.13. The molecule has 94 valence electrons. The van der Waals surface area contributed by atoms with Crippen molar-refractivity contribution in [2.75, 3.05) is 7.11 Å². The zero-order chi connectivity index (χ0) is 13.0. The first-order chi connectivity index (χ1) is 8.70. The van der Waals surface area contributed by atoms with Gasteiger partial charge in [-0.15, -0.1) is 11.8 Å². The van der Waals surface area contributed by atoms with E-state index in [0.29, 0.717) is 0 Å². The molecule has 0 unspecified atom stereocenters. The molecule has 0 aliphatic heterocycles. The Morgan fingerprint density at radius 3 is 2.56 bits per heavy atom. The lowest BCUT2D eigenvalue weighted by atomic mass is 10.2. The van der Waals surface area contributed by atoms with E-state index in [-0.39, 0.29) is 0 Å². The third kappa shape index (κ3) is 3.53. The summed E-state index contributed by atoms with van der Waals surface area (Å²) in [6.45, 7) is 0. The molecule has 0 atom stereocenters. The average Bonchev–Trinajstić information content (AvgIpc) is 2.39. The third-order valence-corrected chi connectivity index (χ3v) is 5.32. The first-order valence-electron chi connectivity index (χ1n) is 5.40. The minimum Gasteiger partial charge on any atom is -0.497 e. The minimum atomic E-state index is 0.890. The maximum atomic E-state index is 5.25. The smallest absolute Gasteiger partial charge is 0.119 e. The average molecular weight is 388 g/mol. The standard InChI is InChI=1S/C14H12Br2OS/c1-17-11-6-7-12(15)10(8-11)9-18-14-5-3-2-4-13(14)16/h2-8H,9H2,1H3. The van der Waals surface area contributed by atoms with Crippen molar-refractivity contribution in [2.24, 2.45) is 0 Å². The highest BCUT2D eigenvalue weighted by Crippen LogP contribution is 2.33. The highest BCUT2D eigenvalue weighted by molar-refractivity contribution is 9.10. The van der Waals surface area contributed by atoms with Crippen LogP contribution in [-0.2, 0) is 5.75 Å². The molecule has 0 spiro atoms. The zero-order valence-corrected chi connectivity index (χ0v) is 13.8. The second-order valence-corrected chi connectivity index (χ2v) is 6.40. The Morgan fingerprint density at radius 2 is 1.83 bits per heavy atom. The van der Waals surface area contributed by atoms with Gasteiger partial charge in [-0.3, -0.25) is 0 Å². The van der Waals surface area contributed by atoms with E-state index < -0.39 is 0 Å². The molecule has 2 aromatic rings. The number of benzene rings is 2. The summed E-state index contributed by atoms with van der Waals surface area (Å²) in [5.74, 6) is 1.79. The number of ether oxygens (including phenoxy) is 1. The summed E-state index contributed by atoms with van der Waals surface area (Å²) < 4.78 is 7.49. The summed E-state index contributed by atoms with van der Waals surface area (Å²) >= 11 is 8.93. The predicted octanol–water partition coefficient (Wildman–Crippen LogP) is 5.51. The maximum absolute atomic E-state index is 5.25. The van der Waals surface area contributed by atoms with E-state index in [1.54, 1.807) is 18.9 Å². The fourth-order valence-electron chi connectivity index (χ4n) is 1.51. The maximum Gasteiger partial charge on any atom is 0.119 e. The molecule has 0 radical (unpaired) electrons. The zero-order valence-electron chi connectivity index (χ0n) is 9.82. The van der Waals surface area contributed by atoms with Gasteiger partial charge in [-0.05, 0) is 51.8 Å². The van der Waals surface area contributed by atoms with Crippen LogP contribution in [0.15, 0.2) is 56.3 Å². The van der Waals surface area contributed by atoms with Crippen molar-refractivity contribution < 1.29 is 4.74 Å². The lowest BCUT2D eigenvalue weighted by Crippen LogP contribution is -1.88. The van der Waals surface area contributed by atoms with Crippen LogP contribution in [0.5, 0.6) is 5.75 Å². The van der Waals surface area contributed by atoms with E-state index in [4.69, 9.17) is 4.74 Å². The normalized spacial score (nSPS) is 10.4. The molecule has 0 aromatic heterocycles. The third-order valence-electron chi connectivity index (χ3n) is 2.47. The van der Waals surface area contributed by atoms with Crippen molar-refractivity contribution >= 4 is 43.6 Å². The topological polar surface area (TPSA) is 9.23 Å². The van der Waals surface area contributed by atoms with Gasteiger partial charge in [0.2, 0.25) is 0 Å². The van der Waals surface area contributed by atoms with Crippen molar-refractivity contribution in [3.8, 4) is 5.75 Å². The Labute approximate surface area is 128 Å². The molecule has 18 heavy (non-hydrogen) atoms. The molecule has 0 bridgehead atoms. The molecule has 1 nitrogen and oxygen atoms in total. The summed E-state index contributed by atoms with van der Waals surface area (Å²) in [6, 6.07) is 14.3. The highest BCUT2D eigenvalue weighted by Gasteiger charge is 2.05. The van der Waals surface area contributed by atoms with Crippen LogP contribution in [0, 0.1) is 0 Å². The van der Waals surface area contributed by atoms with E-state index in [1.165, 1.54) is 10.5 Å². The molecule has 4 heteroatoms. The van der Waals surface area contributed by atoms with E-state index >= 15 is 0 Å². The molecule has 0 saturated carbocycles. The van der Waals surface area contributed by atoms with E-state index in [1.807, 2.05) is 24.3 Å². The van der Waals surface area contributed by atoms with Crippen LogP contribution in [-0.4, -0.2) is 7.11 Å². The van der Waals surface area contributed by atoms with Crippen LogP contribution in [0.1, 0.15) is 5.56 Å². The van der Waals surface area contributed by atoms with Gasteiger partial charge in [0, 0.05) is 19.6 Å². The molecule has 2 rings (SSSR count). The Hall–Kier alpha value is -0.450. The van der Waals surface area contributed by atoms with Gasteiger partial charge in [0.05, 0.1) is 7.11 Å². The van der Waals surface area contributed by atoms with Crippen molar-refractivity contribution in [2.45, 2.75) is 10.6 Å². The Morgan fingerprint density at radius 1 is 1.06 bits per heavy atom. The number of hydrogen-bond donors (Lipinski definition) is 0. The fraction of sp³-hybridized carbons (Fsp3) is 0.143. The van der Waals surface area contributed by atoms with E-state index in [9.17, 15) is 0 Å². The summed E-state index contributed by atoms with van der Waals surface area (Å²) in [4.78, 5) is 1.24. The largest absolute Gasteiger partial charge is 0.497 e. The number of thioether (sulfide) groups is 1. The lowest BCUT2D eigenvalue weighted by Gasteiger charge is -2.08. The monoisotopic (exact) mass is 386 g/mol. The van der Waals surface area contributed by atoms with Gasteiger partial charge in [-0.2, -0.15) is 0 Å². The molecule has 0 aliphatic carbocycles. The van der Waals surface area contributed by atoms with Gasteiger partial charge in [0.25, 0.3) is 0 Å². The van der Waals surface area contributed by atoms with Crippen molar-refractivity contribution in [3.05, 3.63) is 57.0 Å². The van der Waals surface area contributed by atoms with Crippen molar-refractivity contribution in [1.82, 2.24) is 0 Å². The number of rotatable bonds is 4. The quantitative estimate of drug-likeness (QED) is 0.639. The lowest BCUT2D eigenvalue weighted by molar-refractivity contribution is 0.414. The molecular formula is C14H12Br2OS. The van der Waals surface area contributed by atoms with Crippen molar-refractivity contribution in [1.29, 1.82) is 0 Å². The first kappa shape index (κ1) is 14.0. The van der Waals surface area contributed by atoms with Crippen LogP contribution < -0.4 is 4.74 Å². The predicted molar refractivity (Wildman–Crippen MR) is 84.4 cm³/mol. The SMILES string of the molecule is COc1ccc(Br)c(CSc2ccccc2Br)c1. The summed E-state index contributed by atoms with van der Waals surface area (Å²) in [7, 11) is 1.69. The van der Waals surface area contributed by atoms with Gasteiger partial charge in [-0.25, -0.2) is 0 Å². The highest BCUT2D eigenvalue weighted by atomic mass is 79.9. The number of methoxy groups -OCH3 is 1. The Kier molecular flexibility index (Phi) is 5.15. The molecule has 0 aliphatic rings. The molecular weight excluding hydrogens is 376 g/mol. The van der Waals surface area contributed by atoms with Crippen LogP contribution in [0.4, 0.5) is 0 Å². The number of halogens is 2. The van der Waals surface area contributed by atoms with Crippen molar-refractivity contribution in [3.63, 3.8) is 0 Å². The van der Waals surface area contributed by atoms with E-state index in [2.05, 4.69) is 50.1 Å². The summed E-state index contributed by atoms with van der Waals surface area (Å²) in [5, 5.41) is 0. The van der Waals surface area contributed by atoms with Crippen LogP contribution in [0.2, 0.25) is 0 Å². The molecule has 0 fully saturated rings. The van der Waals surface area contributed by atoms with Gasteiger partial charge >= 0.3 is 0 Å². The molecule has 0 heterocycles. The Bertz CT molecular complexity index is 543. The van der Waals surface area contributed by atoms with Gasteiger partial charge in [-0.1, -0.05) is 28.1 Å². The molecule has 0 N–H and O–H groups in total. The van der Waals surface area contributed by atoms with Crippen LogP contribution in [0.25, 0.3) is 0 Å². The van der Waals surface area contributed by atoms with E-state index in [0.717, 1.165) is 20.4 Å². The molecule has 0 amide bonds. The van der Waals surface area contributed by atoms with Gasteiger partial charge in [0.1, 0.15) is 5.75 Å². The van der Waals surface area contributed by atoms with Crippen LogP contribution in [0.3, 0.4) is 0 Å². The van der Waals surface area contributed by atoms with Crippen LogP contribution >= 0.6 is 43.6 Å². The second kappa shape index (κ2) is 6.64. The molecule has 2 aromatic carbocycles. The van der Waals surface area contributed by atoms with Gasteiger partial charge in [0.15, 0.2) is 0 Å². The first-order valence-corrected chi connectivity index (χ1v) is 7.97. The summed E-state index contributed by atoms with van der Waals surface area (Å²) in [5.41, 5.74) is 1.23. The summed E-state index contributed by atoms with van der Waals surface area (Å²) in [6.07, 6.45) is 0. The number of hydrogen-bond acceptors (Lipinski definition) is 2. The molecule has 0 saturated heterocycles. The van der Waals surface area contributed by atoms with Gasteiger partial charge < -0.3 is 4.74 Å². The second-order valence-electron chi connectivity index (χ2n) is 3.68.